The summed E-state index contributed by atoms with van der Waals surface area (Å²) >= 11 is 12.4. The zero-order valence-electron chi connectivity index (χ0n) is 23.3. The normalized spacial score (nSPS) is 11.9. The van der Waals surface area contributed by atoms with Gasteiger partial charge in [0.1, 0.15) is 18.3 Å². The lowest BCUT2D eigenvalue weighted by Gasteiger charge is -2.33. The summed E-state index contributed by atoms with van der Waals surface area (Å²) in [6.07, 6.45) is 2.94. The average molecular weight is 621 g/mol. The number of benzene rings is 3. The molecule has 0 radical (unpaired) electrons. The lowest BCUT2D eigenvalue weighted by molar-refractivity contribution is -0.140. The van der Waals surface area contributed by atoms with Crippen LogP contribution in [0.5, 0.6) is 5.75 Å². The molecule has 1 N–H and O–H groups in total. The molecule has 3 aromatic rings. The summed E-state index contributed by atoms with van der Waals surface area (Å²) in [6.45, 7) is 1.97. The Hall–Kier alpha value is -3.27. The van der Waals surface area contributed by atoms with Gasteiger partial charge in [0, 0.05) is 19.5 Å². The van der Waals surface area contributed by atoms with E-state index in [1.807, 2.05) is 37.3 Å². The predicted octanol–water partition coefficient (Wildman–Crippen LogP) is 5.32. The highest BCUT2D eigenvalue weighted by Crippen LogP contribution is 2.26. The van der Waals surface area contributed by atoms with Crippen molar-refractivity contribution < 1.29 is 22.7 Å². The van der Waals surface area contributed by atoms with E-state index < -0.39 is 28.5 Å². The fourth-order valence-corrected chi connectivity index (χ4v) is 5.43. The number of rotatable bonds is 14. The topological polar surface area (TPSA) is 96.0 Å². The van der Waals surface area contributed by atoms with Crippen LogP contribution >= 0.6 is 23.2 Å². The fraction of sp³-hybridized carbons (Fsp3) is 0.333. The van der Waals surface area contributed by atoms with E-state index in [2.05, 4.69) is 5.32 Å². The molecule has 8 nitrogen and oxygen atoms in total. The molecule has 2 amide bonds. The number of nitrogens with zero attached hydrogens (tertiary/aromatic N) is 2. The summed E-state index contributed by atoms with van der Waals surface area (Å²) < 4.78 is 31.9. The third-order valence-corrected chi connectivity index (χ3v) is 8.36. The highest BCUT2D eigenvalue weighted by atomic mass is 35.5. The molecule has 0 aromatic heterocycles. The van der Waals surface area contributed by atoms with Crippen LogP contribution in [0, 0.1) is 0 Å². The zero-order chi connectivity index (χ0) is 30.0. The van der Waals surface area contributed by atoms with Crippen molar-refractivity contribution in [2.75, 3.05) is 30.8 Å². The predicted molar refractivity (Wildman–Crippen MR) is 164 cm³/mol. The van der Waals surface area contributed by atoms with Gasteiger partial charge in [0.15, 0.2) is 0 Å². The van der Waals surface area contributed by atoms with Crippen LogP contribution in [0.25, 0.3) is 0 Å². The molecule has 0 spiro atoms. The van der Waals surface area contributed by atoms with Crippen LogP contribution < -0.4 is 14.4 Å². The Balaban J connectivity index is 2.04. The van der Waals surface area contributed by atoms with E-state index in [0.29, 0.717) is 33.6 Å². The first-order chi connectivity index (χ1) is 19.5. The van der Waals surface area contributed by atoms with Crippen LogP contribution in [-0.2, 0) is 32.6 Å². The molecule has 0 bridgehead atoms. The first-order valence-electron chi connectivity index (χ1n) is 13.2. The highest BCUT2D eigenvalue weighted by molar-refractivity contribution is 7.92. The summed E-state index contributed by atoms with van der Waals surface area (Å²) in [5.41, 5.74) is 1.79. The largest absolute Gasteiger partial charge is 0.497 e. The molecule has 3 aromatic carbocycles. The number of carbonyl (C=O) groups excluding carboxylic acids is 2. The third kappa shape index (κ3) is 9.38. The molecule has 0 heterocycles. The minimum absolute atomic E-state index is 0.00857. The van der Waals surface area contributed by atoms with Crippen LogP contribution in [0.15, 0.2) is 72.8 Å². The van der Waals surface area contributed by atoms with Gasteiger partial charge in [-0.1, -0.05) is 72.9 Å². The number of hydrogen-bond donors (Lipinski definition) is 1. The Bertz CT molecular complexity index is 1420. The monoisotopic (exact) mass is 619 g/mol. The van der Waals surface area contributed by atoms with Gasteiger partial charge in [-0.25, -0.2) is 8.42 Å². The summed E-state index contributed by atoms with van der Waals surface area (Å²) in [5.74, 6) is -0.337. The van der Waals surface area contributed by atoms with Gasteiger partial charge in [0.05, 0.1) is 29.1 Å². The second-order valence-corrected chi connectivity index (χ2v) is 12.3. The van der Waals surface area contributed by atoms with E-state index in [0.717, 1.165) is 29.0 Å². The number of carbonyl (C=O) groups is 2. The van der Waals surface area contributed by atoms with Crippen molar-refractivity contribution in [3.63, 3.8) is 0 Å². The maximum Gasteiger partial charge on any atom is 0.244 e. The molecule has 220 valence electrons. The van der Waals surface area contributed by atoms with Crippen LogP contribution in [-0.4, -0.2) is 57.6 Å². The van der Waals surface area contributed by atoms with Crippen LogP contribution in [0.3, 0.4) is 0 Å². The standard InChI is InChI=1S/C30H35Cl2N3O5S/c1-4-5-17-33-30(37)28(19-22-9-7-6-8-10-22)34(20-23-11-16-26(31)27(32)18-23)29(36)21-35(41(3,38)39)24-12-14-25(40-2)15-13-24/h6-16,18,28H,4-5,17,19-21H2,1-3H3,(H,33,37). The minimum Gasteiger partial charge on any atom is -0.497 e. The Morgan fingerprint density at radius 2 is 1.63 bits per heavy atom. The Labute approximate surface area is 252 Å². The number of halogens is 2. The second kappa shape index (κ2) is 15.1. The van der Waals surface area contributed by atoms with Crippen molar-refractivity contribution in [2.24, 2.45) is 0 Å². The van der Waals surface area contributed by atoms with Gasteiger partial charge in [0.2, 0.25) is 21.8 Å². The number of nitrogens with one attached hydrogen (secondary N) is 1. The van der Waals surface area contributed by atoms with Gasteiger partial charge < -0.3 is 15.0 Å². The molecule has 11 heteroatoms. The number of amides is 2. The SMILES string of the molecule is CCCCNC(=O)C(Cc1ccccc1)N(Cc1ccc(Cl)c(Cl)c1)C(=O)CN(c1ccc(OC)cc1)S(C)(=O)=O. The molecule has 1 unspecified atom stereocenters. The van der Waals surface area contributed by atoms with E-state index in [-0.39, 0.29) is 18.9 Å². The van der Waals surface area contributed by atoms with E-state index in [1.165, 1.54) is 12.0 Å². The number of hydrogen-bond acceptors (Lipinski definition) is 5. The second-order valence-electron chi connectivity index (χ2n) is 9.59. The molecule has 0 aliphatic carbocycles. The van der Waals surface area contributed by atoms with Crippen LogP contribution in [0.1, 0.15) is 30.9 Å². The molecule has 3 rings (SSSR count). The summed E-state index contributed by atoms with van der Waals surface area (Å²) in [4.78, 5) is 29.1. The highest BCUT2D eigenvalue weighted by Gasteiger charge is 2.33. The van der Waals surface area contributed by atoms with Crippen molar-refractivity contribution in [3.8, 4) is 5.75 Å². The van der Waals surface area contributed by atoms with Crippen molar-refractivity contribution in [2.45, 2.75) is 38.8 Å². The number of anilines is 1. The van der Waals surface area contributed by atoms with E-state index in [4.69, 9.17) is 27.9 Å². The van der Waals surface area contributed by atoms with Crippen molar-refractivity contribution in [3.05, 3.63) is 94.0 Å². The molecular formula is C30H35Cl2N3O5S. The molecule has 0 saturated carbocycles. The lowest BCUT2D eigenvalue weighted by atomic mass is 10.0. The van der Waals surface area contributed by atoms with Gasteiger partial charge in [0.25, 0.3) is 0 Å². The van der Waals surface area contributed by atoms with Gasteiger partial charge in [-0.15, -0.1) is 0 Å². The Kier molecular flexibility index (Phi) is 11.9. The van der Waals surface area contributed by atoms with Crippen molar-refractivity contribution >= 4 is 50.7 Å². The number of unbranched alkanes of at least 4 members (excludes halogenated alkanes) is 1. The molecule has 0 fully saturated rings. The van der Waals surface area contributed by atoms with Crippen LogP contribution in [0.4, 0.5) is 5.69 Å². The van der Waals surface area contributed by atoms with Crippen molar-refractivity contribution in [1.82, 2.24) is 10.2 Å². The summed E-state index contributed by atoms with van der Waals surface area (Å²) in [7, 11) is -2.36. The number of methoxy groups -OCH3 is 1. The maximum atomic E-state index is 14.1. The summed E-state index contributed by atoms with van der Waals surface area (Å²) in [5, 5.41) is 3.61. The molecule has 0 aliphatic heterocycles. The minimum atomic E-state index is -3.87. The molecule has 1 atom stereocenters. The van der Waals surface area contributed by atoms with Gasteiger partial charge in [-0.2, -0.15) is 0 Å². The van der Waals surface area contributed by atoms with Gasteiger partial charge >= 0.3 is 0 Å². The smallest absolute Gasteiger partial charge is 0.244 e. The quantitative estimate of drug-likeness (QED) is 0.246. The molecule has 0 aliphatic rings. The molecular weight excluding hydrogens is 585 g/mol. The Morgan fingerprint density at radius 1 is 0.951 bits per heavy atom. The number of sulfonamides is 1. The fourth-order valence-electron chi connectivity index (χ4n) is 4.26. The van der Waals surface area contributed by atoms with E-state index in [9.17, 15) is 18.0 Å². The summed E-state index contributed by atoms with van der Waals surface area (Å²) in [6, 6.07) is 19.8. The van der Waals surface area contributed by atoms with Gasteiger partial charge in [-0.05, 0) is 53.9 Å². The molecule has 41 heavy (non-hydrogen) atoms. The number of ether oxygens (including phenoxy) is 1. The zero-order valence-corrected chi connectivity index (χ0v) is 25.7. The maximum absolute atomic E-state index is 14.1. The third-order valence-electron chi connectivity index (χ3n) is 6.48. The average Bonchev–Trinajstić information content (AvgIpc) is 2.95. The first kappa shape index (κ1) is 32.2. The molecule has 0 saturated heterocycles. The van der Waals surface area contributed by atoms with Gasteiger partial charge in [-0.3, -0.25) is 13.9 Å². The van der Waals surface area contributed by atoms with Crippen LogP contribution in [0.2, 0.25) is 10.0 Å². The van der Waals surface area contributed by atoms with Crippen molar-refractivity contribution in [1.29, 1.82) is 0 Å². The lowest BCUT2D eigenvalue weighted by Crippen LogP contribution is -2.53. The first-order valence-corrected chi connectivity index (χ1v) is 15.8. The van der Waals surface area contributed by atoms with E-state index >= 15 is 0 Å². The Morgan fingerprint density at radius 3 is 2.22 bits per heavy atom. The van der Waals surface area contributed by atoms with E-state index in [1.54, 1.807) is 42.5 Å².